The predicted molar refractivity (Wildman–Crippen MR) is 65.1 cm³/mol. The molecule has 0 saturated carbocycles. The van der Waals surface area contributed by atoms with Crippen molar-refractivity contribution < 1.29 is 4.74 Å². The van der Waals surface area contributed by atoms with Gasteiger partial charge in [0.2, 0.25) is 0 Å². The number of hydrogen-bond donors (Lipinski definition) is 0. The summed E-state index contributed by atoms with van der Waals surface area (Å²) in [7, 11) is 0. The molecule has 1 saturated heterocycles. The Bertz CT molecular complexity index is 177. The van der Waals surface area contributed by atoms with Crippen LogP contribution in [0.15, 0.2) is 0 Å². The molecule has 0 aromatic heterocycles. The lowest BCUT2D eigenvalue weighted by atomic mass is 9.83. The first kappa shape index (κ1) is 13.0. The summed E-state index contributed by atoms with van der Waals surface area (Å²) < 4.78 is 5.42. The van der Waals surface area contributed by atoms with E-state index in [1.165, 1.54) is 6.42 Å². The molecule has 0 aromatic rings. The molecule has 15 heavy (non-hydrogen) atoms. The van der Waals surface area contributed by atoms with Crippen LogP contribution in [0.3, 0.4) is 0 Å². The van der Waals surface area contributed by atoms with Crippen LogP contribution in [0.1, 0.15) is 41.0 Å². The minimum atomic E-state index is 0.424. The minimum Gasteiger partial charge on any atom is -0.379 e. The quantitative estimate of drug-likeness (QED) is 0.715. The van der Waals surface area contributed by atoms with E-state index in [0.717, 1.165) is 32.2 Å². The average Bonchev–Trinajstić information content (AvgIpc) is 2.14. The Balaban J connectivity index is 2.56. The summed E-state index contributed by atoms with van der Waals surface area (Å²) >= 11 is 0. The maximum absolute atomic E-state index is 5.42. The van der Waals surface area contributed by atoms with Crippen molar-refractivity contribution in [3.05, 3.63) is 0 Å². The summed E-state index contributed by atoms with van der Waals surface area (Å²) in [5.74, 6) is 0.738. The summed E-state index contributed by atoms with van der Waals surface area (Å²) in [5, 5.41) is 0. The van der Waals surface area contributed by atoms with Gasteiger partial charge in [-0.3, -0.25) is 4.90 Å². The first-order valence-electron chi connectivity index (χ1n) is 6.22. The van der Waals surface area contributed by atoms with Crippen molar-refractivity contribution >= 4 is 0 Å². The Kier molecular flexibility index (Phi) is 4.60. The molecule has 90 valence electrons. The molecule has 0 N–H and O–H groups in total. The van der Waals surface area contributed by atoms with Gasteiger partial charge in [0, 0.05) is 19.1 Å². The van der Waals surface area contributed by atoms with Crippen molar-refractivity contribution in [3.63, 3.8) is 0 Å². The molecule has 0 spiro atoms. The molecule has 0 radical (unpaired) electrons. The maximum Gasteiger partial charge on any atom is 0.0594 e. The molecule has 0 amide bonds. The van der Waals surface area contributed by atoms with Crippen LogP contribution in [-0.4, -0.2) is 37.2 Å². The molecule has 0 aromatic carbocycles. The van der Waals surface area contributed by atoms with Crippen molar-refractivity contribution in [3.8, 4) is 0 Å². The number of ether oxygens (including phenoxy) is 1. The highest BCUT2D eigenvalue weighted by molar-refractivity contribution is 4.81. The van der Waals surface area contributed by atoms with Crippen molar-refractivity contribution in [2.45, 2.75) is 47.1 Å². The van der Waals surface area contributed by atoms with Gasteiger partial charge in [0.25, 0.3) is 0 Å². The number of nitrogens with zero attached hydrogens (tertiary/aromatic N) is 1. The van der Waals surface area contributed by atoms with E-state index < -0.39 is 0 Å². The van der Waals surface area contributed by atoms with E-state index in [1.807, 2.05) is 0 Å². The summed E-state index contributed by atoms with van der Waals surface area (Å²) in [5.41, 5.74) is 0.424. The van der Waals surface area contributed by atoms with Crippen LogP contribution in [0.25, 0.3) is 0 Å². The molecule has 1 heterocycles. The zero-order chi connectivity index (χ0) is 11.5. The zero-order valence-corrected chi connectivity index (χ0v) is 11.0. The van der Waals surface area contributed by atoms with Gasteiger partial charge in [-0.2, -0.15) is 0 Å². The highest BCUT2D eigenvalue weighted by atomic mass is 16.5. The minimum absolute atomic E-state index is 0.424. The molecule has 1 unspecified atom stereocenters. The highest BCUT2D eigenvalue weighted by Gasteiger charge is 2.27. The lowest BCUT2D eigenvalue weighted by Crippen LogP contribution is -2.47. The van der Waals surface area contributed by atoms with E-state index in [4.69, 9.17) is 4.74 Å². The van der Waals surface area contributed by atoms with Crippen LogP contribution in [-0.2, 0) is 4.74 Å². The first-order valence-corrected chi connectivity index (χ1v) is 6.22. The maximum atomic E-state index is 5.42. The average molecular weight is 213 g/mol. The third kappa shape index (κ3) is 4.52. The van der Waals surface area contributed by atoms with Crippen LogP contribution in [0.2, 0.25) is 0 Å². The second-order valence-electron chi connectivity index (χ2n) is 6.22. The molecular weight excluding hydrogens is 186 g/mol. The molecule has 2 nitrogen and oxygen atoms in total. The van der Waals surface area contributed by atoms with Gasteiger partial charge in [-0.15, -0.1) is 0 Å². The third-order valence-corrected chi connectivity index (χ3v) is 3.11. The summed E-state index contributed by atoms with van der Waals surface area (Å²) in [6.07, 6.45) is 1.28. The largest absolute Gasteiger partial charge is 0.379 e. The van der Waals surface area contributed by atoms with Gasteiger partial charge in [-0.1, -0.05) is 34.6 Å². The Labute approximate surface area is 95.0 Å². The van der Waals surface area contributed by atoms with Gasteiger partial charge in [0.05, 0.1) is 13.2 Å². The molecule has 1 fully saturated rings. The Hall–Kier alpha value is -0.0800. The fraction of sp³-hybridized carbons (Fsp3) is 1.00. The van der Waals surface area contributed by atoms with Gasteiger partial charge in [-0.05, 0) is 17.8 Å². The van der Waals surface area contributed by atoms with Gasteiger partial charge in [0.15, 0.2) is 0 Å². The second-order valence-corrected chi connectivity index (χ2v) is 6.22. The standard InChI is InChI=1S/C13H27NO/c1-11(2)12(10-13(3,4)5)14-6-8-15-9-7-14/h11-12H,6-10H2,1-5H3. The number of morpholine rings is 1. The van der Waals surface area contributed by atoms with Crippen molar-refractivity contribution in [2.24, 2.45) is 11.3 Å². The van der Waals surface area contributed by atoms with E-state index in [9.17, 15) is 0 Å². The topological polar surface area (TPSA) is 12.5 Å². The van der Waals surface area contributed by atoms with Crippen molar-refractivity contribution in [1.82, 2.24) is 4.90 Å². The Morgan fingerprint density at radius 2 is 1.67 bits per heavy atom. The molecule has 0 bridgehead atoms. The fourth-order valence-corrected chi connectivity index (χ4v) is 2.32. The van der Waals surface area contributed by atoms with Crippen molar-refractivity contribution in [2.75, 3.05) is 26.3 Å². The van der Waals surface area contributed by atoms with Gasteiger partial charge < -0.3 is 4.74 Å². The van der Waals surface area contributed by atoms with Crippen LogP contribution < -0.4 is 0 Å². The van der Waals surface area contributed by atoms with Crippen LogP contribution in [0, 0.1) is 11.3 Å². The van der Waals surface area contributed by atoms with Gasteiger partial charge >= 0.3 is 0 Å². The summed E-state index contributed by atoms with van der Waals surface area (Å²) in [6, 6.07) is 0.717. The molecule has 2 heteroatoms. The third-order valence-electron chi connectivity index (χ3n) is 3.11. The zero-order valence-electron chi connectivity index (χ0n) is 11.0. The molecule has 1 aliphatic heterocycles. The Morgan fingerprint density at radius 1 is 1.13 bits per heavy atom. The van der Waals surface area contributed by atoms with E-state index >= 15 is 0 Å². The van der Waals surface area contributed by atoms with Crippen molar-refractivity contribution in [1.29, 1.82) is 0 Å². The molecule has 1 aliphatic rings. The van der Waals surface area contributed by atoms with Crippen LogP contribution in [0.5, 0.6) is 0 Å². The first-order chi connectivity index (χ1) is 6.90. The SMILES string of the molecule is CC(C)C(CC(C)(C)C)N1CCOCC1. The van der Waals surface area contributed by atoms with Crippen LogP contribution >= 0.6 is 0 Å². The number of rotatable bonds is 3. The summed E-state index contributed by atoms with van der Waals surface area (Å²) in [6.45, 7) is 15.7. The molecule has 1 atom stereocenters. The normalized spacial score (nSPS) is 22.0. The van der Waals surface area contributed by atoms with E-state index in [1.54, 1.807) is 0 Å². The monoisotopic (exact) mass is 213 g/mol. The van der Waals surface area contributed by atoms with E-state index in [0.29, 0.717) is 11.5 Å². The molecule has 0 aliphatic carbocycles. The molecule has 1 rings (SSSR count). The van der Waals surface area contributed by atoms with Gasteiger partial charge in [-0.25, -0.2) is 0 Å². The summed E-state index contributed by atoms with van der Waals surface area (Å²) in [4.78, 5) is 2.61. The van der Waals surface area contributed by atoms with E-state index in [-0.39, 0.29) is 0 Å². The predicted octanol–water partition coefficient (Wildman–Crippen LogP) is 2.78. The molecular formula is C13H27NO. The highest BCUT2D eigenvalue weighted by Crippen LogP contribution is 2.27. The van der Waals surface area contributed by atoms with Gasteiger partial charge in [0.1, 0.15) is 0 Å². The smallest absolute Gasteiger partial charge is 0.0594 e. The fourth-order valence-electron chi connectivity index (χ4n) is 2.32. The lowest BCUT2D eigenvalue weighted by Gasteiger charge is -2.40. The lowest BCUT2D eigenvalue weighted by molar-refractivity contribution is -0.00392. The second kappa shape index (κ2) is 5.31. The van der Waals surface area contributed by atoms with E-state index in [2.05, 4.69) is 39.5 Å². The Morgan fingerprint density at radius 3 is 2.07 bits per heavy atom. The number of hydrogen-bond acceptors (Lipinski definition) is 2. The van der Waals surface area contributed by atoms with Crippen LogP contribution in [0.4, 0.5) is 0 Å².